The van der Waals surface area contributed by atoms with Gasteiger partial charge in [0, 0.05) is 13.5 Å². The van der Waals surface area contributed by atoms with E-state index in [0.29, 0.717) is 0 Å². The Bertz CT molecular complexity index is 299. The third-order valence-corrected chi connectivity index (χ3v) is 1.94. The number of nitrogens with one attached hydrogen (secondary N) is 1. The normalized spacial score (nSPS) is 13.5. The Hall–Kier alpha value is -1.31. The molecule has 1 aromatic rings. The highest BCUT2D eigenvalue weighted by Crippen LogP contribution is 2.11. The number of carbonyl (C=O) groups excluding carboxylic acids is 1. The summed E-state index contributed by atoms with van der Waals surface area (Å²) in [6.07, 6.45) is 0.960. The summed E-state index contributed by atoms with van der Waals surface area (Å²) in [5, 5.41) is 2.80. The van der Waals surface area contributed by atoms with Crippen molar-refractivity contribution in [3.8, 4) is 0 Å². The van der Waals surface area contributed by atoms with E-state index in [4.69, 9.17) is 0 Å². The molecule has 1 aromatic carbocycles. The van der Waals surface area contributed by atoms with Crippen molar-refractivity contribution < 1.29 is 6.22 Å². The van der Waals surface area contributed by atoms with Crippen LogP contribution in [0, 0.1) is 0 Å². The second kappa shape index (κ2) is 4.65. The average Bonchev–Trinajstić information content (AvgIpc) is 2.22. The number of hydrogen-bond acceptors (Lipinski definition) is 1. The number of amides is 1. The van der Waals surface area contributed by atoms with Crippen LogP contribution in [0.25, 0.3) is 0 Å². The van der Waals surface area contributed by atoms with Crippen molar-refractivity contribution in [1.82, 2.24) is 5.32 Å². The maximum Gasteiger partial charge on any atom is 0.251 e. The standard InChI is InChI=1S/C9H9NO.C2H6.H2/c11-9-8-4-2-1-3-7(8)5-6-10-9;1-2;/h1-4H,5-6H2,(H,10,11);1-2H3;1H. The molecule has 72 valence electrons. The van der Waals surface area contributed by atoms with E-state index in [1.54, 1.807) is 0 Å². The molecule has 0 aromatic heterocycles. The van der Waals surface area contributed by atoms with Crippen molar-refractivity contribution in [2.75, 3.05) is 6.54 Å². The van der Waals surface area contributed by atoms with Gasteiger partial charge in [0.05, 0.1) is 0 Å². The maximum absolute atomic E-state index is 11.2. The quantitative estimate of drug-likeness (QED) is 0.650. The Balaban J connectivity index is 0.000000531. The summed E-state index contributed by atoms with van der Waals surface area (Å²) in [5.74, 6) is 0.0619. The number of hydrogen-bond donors (Lipinski definition) is 1. The number of fused-ring (bicyclic) bond motifs is 1. The minimum atomic E-state index is 0. The molecule has 0 unspecified atom stereocenters. The predicted octanol–water partition coefficient (Wildman–Crippen LogP) is 2.24. The third-order valence-electron chi connectivity index (χ3n) is 1.94. The van der Waals surface area contributed by atoms with Gasteiger partial charge >= 0.3 is 0 Å². The molecular formula is C11H17NO. The fourth-order valence-electron chi connectivity index (χ4n) is 1.37. The lowest BCUT2D eigenvalue weighted by molar-refractivity contribution is 0.0946. The van der Waals surface area contributed by atoms with Crippen LogP contribution in [-0.4, -0.2) is 12.5 Å². The van der Waals surface area contributed by atoms with Crippen molar-refractivity contribution in [2.24, 2.45) is 0 Å². The van der Waals surface area contributed by atoms with Crippen LogP contribution in [-0.2, 0) is 6.42 Å². The number of benzene rings is 1. The first kappa shape index (κ1) is 9.78. The van der Waals surface area contributed by atoms with Crippen LogP contribution in [0.5, 0.6) is 0 Å². The summed E-state index contributed by atoms with van der Waals surface area (Å²) in [6.45, 7) is 4.77. The molecule has 1 heterocycles. The highest BCUT2D eigenvalue weighted by atomic mass is 16.1. The fraction of sp³-hybridized carbons (Fsp3) is 0.364. The van der Waals surface area contributed by atoms with Gasteiger partial charge in [-0.3, -0.25) is 4.79 Å². The van der Waals surface area contributed by atoms with Crippen molar-refractivity contribution in [3.63, 3.8) is 0 Å². The third kappa shape index (κ3) is 2.08. The number of carbonyl (C=O) groups is 1. The summed E-state index contributed by atoms with van der Waals surface area (Å²) in [6, 6.07) is 7.74. The van der Waals surface area contributed by atoms with Gasteiger partial charge < -0.3 is 5.32 Å². The zero-order valence-electron chi connectivity index (χ0n) is 8.13. The van der Waals surface area contributed by atoms with Gasteiger partial charge in [-0.05, 0) is 18.1 Å². The predicted molar refractivity (Wildman–Crippen MR) is 55.9 cm³/mol. The minimum Gasteiger partial charge on any atom is -0.352 e. The molecule has 1 aliphatic rings. The Kier molecular flexibility index (Phi) is 3.50. The van der Waals surface area contributed by atoms with E-state index < -0.39 is 0 Å². The first-order chi connectivity index (χ1) is 6.38. The van der Waals surface area contributed by atoms with E-state index in [1.807, 2.05) is 38.1 Å². The molecule has 1 amide bonds. The molecule has 0 fully saturated rings. The van der Waals surface area contributed by atoms with Crippen LogP contribution in [0.3, 0.4) is 0 Å². The van der Waals surface area contributed by atoms with Gasteiger partial charge in [-0.1, -0.05) is 32.0 Å². The Morgan fingerprint density at radius 1 is 1.31 bits per heavy atom. The van der Waals surface area contributed by atoms with Crippen LogP contribution >= 0.6 is 0 Å². The van der Waals surface area contributed by atoms with Gasteiger partial charge in [0.15, 0.2) is 0 Å². The summed E-state index contributed by atoms with van der Waals surface area (Å²) in [5.41, 5.74) is 2.00. The smallest absolute Gasteiger partial charge is 0.251 e. The SMILES string of the molecule is CC.O=C1NCCc2ccccc21.[HH]. The average molecular weight is 179 g/mol. The molecule has 13 heavy (non-hydrogen) atoms. The zero-order valence-corrected chi connectivity index (χ0v) is 8.13. The molecule has 0 atom stereocenters. The molecule has 0 aliphatic carbocycles. The highest BCUT2D eigenvalue weighted by molar-refractivity contribution is 5.96. The molecule has 0 radical (unpaired) electrons. The van der Waals surface area contributed by atoms with E-state index in [9.17, 15) is 4.79 Å². The molecule has 1 aliphatic heterocycles. The van der Waals surface area contributed by atoms with Gasteiger partial charge in [-0.25, -0.2) is 0 Å². The molecule has 0 bridgehead atoms. The molecule has 2 rings (SSSR count). The van der Waals surface area contributed by atoms with E-state index in [0.717, 1.165) is 24.1 Å². The van der Waals surface area contributed by atoms with Crippen LogP contribution in [0.15, 0.2) is 24.3 Å². The van der Waals surface area contributed by atoms with E-state index in [2.05, 4.69) is 5.32 Å². The van der Waals surface area contributed by atoms with Crippen molar-refractivity contribution in [2.45, 2.75) is 20.3 Å². The van der Waals surface area contributed by atoms with E-state index in [1.165, 1.54) is 0 Å². The second-order valence-electron chi connectivity index (χ2n) is 2.66. The van der Waals surface area contributed by atoms with Crippen molar-refractivity contribution >= 4 is 5.91 Å². The monoisotopic (exact) mass is 179 g/mol. The van der Waals surface area contributed by atoms with Gasteiger partial charge in [0.2, 0.25) is 0 Å². The lowest BCUT2D eigenvalue weighted by atomic mass is 10.0. The van der Waals surface area contributed by atoms with Gasteiger partial charge in [-0.15, -0.1) is 0 Å². The Morgan fingerprint density at radius 2 is 2.00 bits per heavy atom. The zero-order chi connectivity index (χ0) is 9.68. The molecule has 0 saturated heterocycles. The van der Waals surface area contributed by atoms with Crippen molar-refractivity contribution in [3.05, 3.63) is 35.4 Å². The Labute approximate surface area is 80.5 Å². The summed E-state index contributed by atoms with van der Waals surface area (Å²) in [4.78, 5) is 11.2. The lowest BCUT2D eigenvalue weighted by Gasteiger charge is -2.15. The van der Waals surface area contributed by atoms with Crippen molar-refractivity contribution in [1.29, 1.82) is 0 Å². The fourth-order valence-corrected chi connectivity index (χ4v) is 1.37. The molecule has 0 saturated carbocycles. The van der Waals surface area contributed by atoms with Crippen LogP contribution in [0.2, 0.25) is 0 Å². The Morgan fingerprint density at radius 3 is 2.69 bits per heavy atom. The lowest BCUT2D eigenvalue weighted by Crippen LogP contribution is -2.31. The summed E-state index contributed by atoms with van der Waals surface area (Å²) >= 11 is 0. The largest absolute Gasteiger partial charge is 0.352 e. The minimum absolute atomic E-state index is 0. The molecule has 2 nitrogen and oxygen atoms in total. The first-order valence-corrected chi connectivity index (χ1v) is 4.74. The van der Waals surface area contributed by atoms with Crippen LogP contribution in [0.4, 0.5) is 0 Å². The second-order valence-corrected chi connectivity index (χ2v) is 2.66. The molecule has 0 spiro atoms. The van der Waals surface area contributed by atoms with E-state index >= 15 is 0 Å². The summed E-state index contributed by atoms with van der Waals surface area (Å²) in [7, 11) is 0. The topological polar surface area (TPSA) is 29.1 Å². The summed E-state index contributed by atoms with van der Waals surface area (Å²) < 4.78 is 0. The number of rotatable bonds is 0. The van der Waals surface area contributed by atoms with Crippen LogP contribution < -0.4 is 5.32 Å². The highest BCUT2D eigenvalue weighted by Gasteiger charge is 2.14. The molecule has 1 N–H and O–H groups in total. The van der Waals surface area contributed by atoms with Gasteiger partial charge in [0.1, 0.15) is 0 Å². The van der Waals surface area contributed by atoms with Gasteiger partial charge in [0.25, 0.3) is 5.91 Å². The maximum atomic E-state index is 11.2. The molecular weight excluding hydrogens is 162 g/mol. The first-order valence-electron chi connectivity index (χ1n) is 4.74. The van der Waals surface area contributed by atoms with E-state index in [-0.39, 0.29) is 7.33 Å². The van der Waals surface area contributed by atoms with Gasteiger partial charge in [-0.2, -0.15) is 0 Å². The molecule has 2 heteroatoms. The van der Waals surface area contributed by atoms with Crippen LogP contribution in [0.1, 0.15) is 31.2 Å².